The number of carbonyl (C=O) groups is 1. The quantitative estimate of drug-likeness (QED) is 0.733. The van der Waals surface area contributed by atoms with E-state index in [0.717, 1.165) is 17.7 Å². The molecule has 5 nitrogen and oxygen atoms in total. The van der Waals surface area contributed by atoms with Crippen LogP contribution >= 0.6 is 0 Å². The predicted octanol–water partition coefficient (Wildman–Crippen LogP) is 3.44. The van der Waals surface area contributed by atoms with Crippen molar-refractivity contribution in [2.75, 3.05) is 0 Å². The number of hydrogen-bond donors (Lipinski definition) is 1. The van der Waals surface area contributed by atoms with Crippen LogP contribution in [-0.4, -0.2) is 25.5 Å². The summed E-state index contributed by atoms with van der Waals surface area (Å²) in [5, 5.41) is 14.1. The molecule has 3 aromatic rings. The van der Waals surface area contributed by atoms with Crippen molar-refractivity contribution in [3.05, 3.63) is 59.0 Å². The van der Waals surface area contributed by atoms with Gasteiger partial charge < -0.3 is 5.11 Å². The van der Waals surface area contributed by atoms with Crippen molar-refractivity contribution in [3.63, 3.8) is 0 Å². The van der Waals surface area contributed by atoms with Crippen LogP contribution < -0.4 is 0 Å². The van der Waals surface area contributed by atoms with E-state index >= 15 is 0 Å². The number of benzene rings is 1. The summed E-state index contributed by atoms with van der Waals surface area (Å²) in [6.07, 6.45) is -2.22. The Morgan fingerprint density at radius 2 is 1.88 bits per heavy atom. The van der Waals surface area contributed by atoms with Gasteiger partial charge in [-0.15, -0.1) is 0 Å². The first-order valence-electron chi connectivity index (χ1n) is 7.49. The number of hydrogen-bond acceptors (Lipinski definition) is 4. The molecule has 2 aromatic heterocycles. The molecule has 0 amide bonds. The Morgan fingerprint density at radius 3 is 2.48 bits per heavy atom. The van der Waals surface area contributed by atoms with Crippen LogP contribution in [0.5, 0.6) is 5.75 Å². The van der Waals surface area contributed by atoms with Gasteiger partial charge >= 0.3 is 6.18 Å². The van der Waals surface area contributed by atoms with Crippen molar-refractivity contribution in [2.24, 2.45) is 0 Å². The van der Waals surface area contributed by atoms with Crippen LogP contribution in [0.3, 0.4) is 0 Å². The monoisotopic (exact) mass is 349 g/mol. The summed E-state index contributed by atoms with van der Waals surface area (Å²) in [5.41, 5.74) is 0.982. The van der Waals surface area contributed by atoms with E-state index < -0.39 is 11.7 Å². The van der Waals surface area contributed by atoms with Gasteiger partial charge in [-0.3, -0.25) is 4.79 Å². The second-order valence-electron chi connectivity index (χ2n) is 5.64. The number of rotatable bonds is 4. The van der Waals surface area contributed by atoms with Crippen molar-refractivity contribution in [1.29, 1.82) is 0 Å². The number of alkyl halides is 3. The molecule has 0 radical (unpaired) electrons. The number of carbonyl (C=O) groups excluding carboxylic acids is 1. The lowest BCUT2D eigenvalue weighted by atomic mass is 10.0. The number of nitrogens with zero attached hydrogens (tertiary/aromatic N) is 3. The summed E-state index contributed by atoms with van der Waals surface area (Å²) in [7, 11) is 0. The van der Waals surface area contributed by atoms with Gasteiger partial charge in [-0.25, -0.2) is 9.50 Å². The molecule has 0 saturated heterocycles. The zero-order chi connectivity index (χ0) is 18.2. The van der Waals surface area contributed by atoms with E-state index in [1.807, 2.05) is 0 Å². The van der Waals surface area contributed by atoms with Crippen LogP contribution in [0, 0.1) is 0 Å². The zero-order valence-electron chi connectivity index (χ0n) is 13.2. The lowest BCUT2D eigenvalue weighted by Gasteiger charge is -2.10. The smallest absolute Gasteiger partial charge is 0.416 e. The normalized spacial score (nSPS) is 11.8. The predicted molar refractivity (Wildman–Crippen MR) is 83.5 cm³/mol. The summed E-state index contributed by atoms with van der Waals surface area (Å²) >= 11 is 0. The number of halogens is 3. The average molecular weight is 349 g/mol. The third kappa shape index (κ3) is 3.33. The lowest BCUT2D eigenvalue weighted by Crippen LogP contribution is -2.07. The number of aromatic nitrogens is 3. The van der Waals surface area contributed by atoms with Crippen molar-refractivity contribution in [1.82, 2.24) is 14.6 Å². The topological polar surface area (TPSA) is 67.5 Å². The molecule has 3 rings (SSSR count). The van der Waals surface area contributed by atoms with Crippen LogP contribution in [0.2, 0.25) is 0 Å². The number of aryl methyl sites for hydroxylation is 2. The van der Waals surface area contributed by atoms with Gasteiger partial charge in [-0.05, 0) is 37.5 Å². The van der Waals surface area contributed by atoms with Gasteiger partial charge in [0.25, 0.3) is 0 Å². The fraction of sp³-hybridized carbons (Fsp3) is 0.235. The van der Waals surface area contributed by atoms with Gasteiger partial charge in [0, 0.05) is 11.8 Å². The van der Waals surface area contributed by atoms with Gasteiger partial charge in [-0.2, -0.15) is 18.3 Å². The second-order valence-corrected chi connectivity index (χ2v) is 5.64. The van der Waals surface area contributed by atoms with Crippen LogP contribution in [0.1, 0.15) is 34.1 Å². The highest BCUT2D eigenvalue weighted by molar-refractivity contribution is 6.02. The van der Waals surface area contributed by atoms with Crippen molar-refractivity contribution < 1.29 is 23.1 Å². The second kappa shape index (κ2) is 6.19. The maximum absolute atomic E-state index is 12.6. The molecule has 0 aliphatic rings. The first-order chi connectivity index (χ1) is 11.8. The van der Waals surface area contributed by atoms with E-state index in [0.29, 0.717) is 18.5 Å². The fourth-order valence-electron chi connectivity index (χ4n) is 2.68. The molecule has 0 saturated carbocycles. The Bertz CT molecular complexity index is 931. The van der Waals surface area contributed by atoms with Crippen LogP contribution in [0.25, 0.3) is 5.65 Å². The zero-order valence-corrected chi connectivity index (χ0v) is 13.2. The SMILES string of the molecule is CC(=O)c1c(O)cc(CCc2ccc(C(F)(F)F)cc2)n2ncnc12. The summed E-state index contributed by atoms with van der Waals surface area (Å²) in [6.45, 7) is 1.33. The third-order valence-electron chi connectivity index (χ3n) is 3.91. The number of aromatic hydroxyl groups is 1. The number of ketones is 1. The number of pyridine rings is 1. The minimum Gasteiger partial charge on any atom is -0.507 e. The molecule has 2 heterocycles. The highest BCUT2D eigenvalue weighted by Crippen LogP contribution is 2.29. The molecule has 0 bridgehead atoms. The van der Waals surface area contributed by atoms with Gasteiger partial charge in [0.1, 0.15) is 17.6 Å². The third-order valence-corrected chi connectivity index (χ3v) is 3.91. The van der Waals surface area contributed by atoms with E-state index in [1.54, 1.807) is 0 Å². The summed E-state index contributed by atoms with van der Waals surface area (Å²) in [6, 6.07) is 6.35. The van der Waals surface area contributed by atoms with Gasteiger partial charge in [0.15, 0.2) is 11.4 Å². The molecule has 0 atom stereocenters. The van der Waals surface area contributed by atoms with Gasteiger partial charge in [0.05, 0.1) is 5.56 Å². The van der Waals surface area contributed by atoms with E-state index in [-0.39, 0.29) is 22.7 Å². The lowest BCUT2D eigenvalue weighted by molar-refractivity contribution is -0.137. The first-order valence-corrected chi connectivity index (χ1v) is 7.49. The molecular formula is C17H14F3N3O2. The van der Waals surface area contributed by atoms with Gasteiger partial charge in [-0.1, -0.05) is 12.1 Å². The maximum Gasteiger partial charge on any atom is 0.416 e. The molecular weight excluding hydrogens is 335 g/mol. The summed E-state index contributed by atoms with van der Waals surface area (Å²) < 4.78 is 39.2. The molecule has 1 aromatic carbocycles. The fourth-order valence-corrected chi connectivity index (χ4v) is 2.68. The molecule has 0 spiro atoms. The number of Topliss-reactive ketones (excluding diaryl/α,β-unsaturated/α-hetero) is 1. The minimum absolute atomic E-state index is 0.0933. The molecule has 0 unspecified atom stereocenters. The van der Waals surface area contributed by atoms with Crippen LogP contribution in [-0.2, 0) is 19.0 Å². The highest BCUT2D eigenvalue weighted by atomic mass is 19.4. The molecule has 1 N–H and O–H groups in total. The maximum atomic E-state index is 12.6. The molecule has 25 heavy (non-hydrogen) atoms. The molecule has 130 valence electrons. The largest absolute Gasteiger partial charge is 0.507 e. The minimum atomic E-state index is -4.36. The molecule has 0 aliphatic heterocycles. The Hall–Kier alpha value is -2.90. The summed E-state index contributed by atoms with van der Waals surface area (Å²) in [4.78, 5) is 15.6. The Balaban J connectivity index is 1.86. The van der Waals surface area contributed by atoms with E-state index in [9.17, 15) is 23.1 Å². The average Bonchev–Trinajstić information content (AvgIpc) is 3.00. The summed E-state index contributed by atoms with van der Waals surface area (Å²) in [5.74, 6) is -0.514. The van der Waals surface area contributed by atoms with E-state index in [4.69, 9.17) is 0 Å². The Labute approximate surface area is 140 Å². The molecule has 8 heteroatoms. The van der Waals surface area contributed by atoms with Crippen molar-refractivity contribution >= 4 is 11.4 Å². The molecule has 0 aliphatic carbocycles. The first kappa shape index (κ1) is 16.9. The van der Waals surface area contributed by atoms with E-state index in [1.165, 1.54) is 36.0 Å². The Morgan fingerprint density at radius 1 is 1.20 bits per heavy atom. The van der Waals surface area contributed by atoms with Crippen LogP contribution in [0.4, 0.5) is 13.2 Å². The van der Waals surface area contributed by atoms with Crippen molar-refractivity contribution in [2.45, 2.75) is 25.9 Å². The standard InChI is InChI=1S/C17H14F3N3O2/c1-10(24)15-14(25)8-13(23-16(15)21-9-22-23)7-4-11-2-5-12(6-3-11)17(18,19)20/h2-3,5-6,8-9,25H,4,7H2,1H3. The number of fused-ring (bicyclic) bond motifs is 1. The van der Waals surface area contributed by atoms with Crippen molar-refractivity contribution in [3.8, 4) is 5.75 Å². The molecule has 0 fully saturated rings. The Kier molecular flexibility index (Phi) is 4.20. The highest BCUT2D eigenvalue weighted by Gasteiger charge is 2.29. The van der Waals surface area contributed by atoms with Crippen LogP contribution in [0.15, 0.2) is 36.7 Å². The van der Waals surface area contributed by atoms with E-state index in [2.05, 4.69) is 10.1 Å². The van der Waals surface area contributed by atoms with Gasteiger partial charge in [0.2, 0.25) is 0 Å².